The molecular weight excluding hydrogens is 380 g/mol. The van der Waals surface area contributed by atoms with Crippen LogP contribution in [-0.4, -0.2) is 60.5 Å². The van der Waals surface area contributed by atoms with Gasteiger partial charge in [-0.2, -0.15) is 0 Å². The van der Waals surface area contributed by atoms with Crippen LogP contribution in [0.3, 0.4) is 0 Å². The van der Waals surface area contributed by atoms with Crippen LogP contribution in [-0.2, 0) is 33.8 Å². The van der Waals surface area contributed by atoms with Gasteiger partial charge in [-0.3, -0.25) is 19.4 Å². The fourth-order valence-electron chi connectivity index (χ4n) is 4.12. The number of nitrogens with two attached hydrogens (primary N) is 1. The average Bonchev–Trinajstić information content (AvgIpc) is 2.75. The Morgan fingerprint density at radius 2 is 1.73 bits per heavy atom. The fraction of sp³-hybridized carbons (Fsp3) is 0.391. The first kappa shape index (κ1) is 20.5. The number of rotatable bonds is 6. The van der Waals surface area contributed by atoms with Gasteiger partial charge in [0, 0.05) is 31.9 Å². The quantitative estimate of drug-likeness (QED) is 0.754. The zero-order chi connectivity index (χ0) is 20.9. The first-order chi connectivity index (χ1) is 14.6. The highest BCUT2D eigenvalue weighted by molar-refractivity contribution is 5.93. The number of hydrogen-bond acceptors (Lipinski definition) is 5. The summed E-state index contributed by atoms with van der Waals surface area (Å²) < 4.78 is 5.38. The van der Waals surface area contributed by atoms with Crippen molar-refractivity contribution in [1.82, 2.24) is 9.80 Å². The van der Waals surface area contributed by atoms with E-state index < -0.39 is 11.9 Å². The molecule has 0 saturated carbocycles. The van der Waals surface area contributed by atoms with Gasteiger partial charge in [-0.05, 0) is 35.2 Å². The lowest BCUT2D eigenvalue weighted by atomic mass is 9.93. The molecule has 7 nitrogen and oxygen atoms in total. The number of nitrogens with zero attached hydrogens (tertiary/aromatic N) is 2. The lowest BCUT2D eigenvalue weighted by Gasteiger charge is -2.34. The van der Waals surface area contributed by atoms with Crippen LogP contribution in [0.2, 0.25) is 0 Å². The summed E-state index contributed by atoms with van der Waals surface area (Å²) in [7, 11) is 0. The summed E-state index contributed by atoms with van der Waals surface area (Å²) in [4.78, 5) is 28.8. The lowest BCUT2D eigenvalue weighted by Crippen LogP contribution is -2.50. The molecule has 4 rings (SSSR count). The van der Waals surface area contributed by atoms with E-state index in [2.05, 4.69) is 10.2 Å². The summed E-state index contributed by atoms with van der Waals surface area (Å²) in [6.45, 7) is 4.98. The van der Waals surface area contributed by atoms with Gasteiger partial charge in [0.05, 0.1) is 25.8 Å². The first-order valence-corrected chi connectivity index (χ1v) is 10.4. The maximum atomic E-state index is 12.6. The highest BCUT2D eigenvalue weighted by Gasteiger charge is 2.31. The van der Waals surface area contributed by atoms with Gasteiger partial charge < -0.3 is 15.8 Å². The average molecular weight is 409 g/mol. The zero-order valence-corrected chi connectivity index (χ0v) is 17.0. The molecule has 1 saturated heterocycles. The number of morpholine rings is 1. The van der Waals surface area contributed by atoms with Crippen molar-refractivity contribution in [1.29, 1.82) is 0 Å². The SMILES string of the molecule is NC(=O)C1Cc2ccccc2CN1CC(=O)Nc1ccc(CN2CCOCC2)cc1. The van der Waals surface area contributed by atoms with Crippen molar-refractivity contribution in [3.05, 3.63) is 65.2 Å². The number of ether oxygens (including phenoxy) is 1. The monoisotopic (exact) mass is 408 g/mol. The molecule has 30 heavy (non-hydrogen) atoms. The number of amides is 2. The van der Waals surface area contributed by atoms with Gasteiger partial charge >= 0.3 is 0 Å². The molecule has 0 aromatic heterocycles. The number of fused-ring (bicyclic) bond motifs is 1. The third-order valence-corrected chi connectivity index (χ3v) is 5.77. The summed E-state index contributed by atoms with van der Waals surface area (Å²) in [5, 5.41) is 2.94. The van der Waals surface area contributed by atoms with Crippen LogP contribution in [0.15, 0.2) is 48.5 Å². The molecule has 3 N–H and O–H groups in total. The van der Waals surface area contributed by atoms with E-state index in [1.807, 2.05) is 53.4 Å². The molecule has 0 bridgehead atoms. The van der Waals surface area contributed by atoms with Gasteiger partial charge in [-0.15, -0.1) is 0 Å². The van der Waals surface area contributed by atoms with Crippen LogP contribution in [0.5, 0.6) is 0 Å². The van der Waals surface area contributed by atoms with Crippen molar-refractivity contribution in [2.24, 2.45) is 5.73 Å². The minimum absolute atomic E-state index is 0.122. The third-order valence-electron chi connectivity index (χ3n) is 5.77. The van der Waals surface area contributed by atoms with Crippen LogP contribution in [0.1, 0.15) is 16.7 Å². The molecule has 7 heteroatoms. The second kappa shape index (κ2) is 9.38. The zero-order valence-electron chi connectivity index (χ0n) is 17.0. The fourth-order valence-corrected chi connectivity index (χ4v) is 4.12. The number of anilines is 1. The number of benzene rings is 2. The maximum Gasteiger partial charge on any atom is 0.238 e. The smallest absolute Gasteiger partial charge is 0.238 e. The van der Waals surface area contributed by atoms with E-state index >= 15 is 0 Å². The normalized spacial score (nSPS) is 19.8. The predicted octanol–water partition coefficient (Wildman–Crippen LogP) is 1.37. The Balaban J connectivity index is 1.35. The van der Waals surface area contributed by atoms with Crippen molar-refractivity contribution in [3.8, 4) is 0 Å². The Hall–Kier alpha value is -2.74. The molecule has 0 spiro atoms. The molecule has 2 aromatic carbocycles. The summed E-state index contributed by atoms with van der Waals surface area (Å²) in [6.07, 6.45) is 0.537. The van der Waals surface area contributed by atoms with Gasteiger partial charge in [-0.1, -0.05) is 36.4 Å². The van der Waals surface area contributed by atoms with E-state index in [9.17, 15) is 9.59 Å². The van der Waals surface area contributed by atoms with E-state index in [-0.39, 0.29) is 12.5 Å². The Bertz CT molecular complexity index is 894. The van der Waals surface area contributed by atoms with Crippen molar-refractivity contribution in [3.63, 3.8) is 0 Å². The highest BCUT2D eigenvalue weighted by atomic mass is 16.5. The third kappa shape index (κ3) is 5.05. The molecule has 2 amide bonds. The maximum absolute atomic E-state index is 12.6. The number of nitrogens with one attached hydrogen (secondary N) is 1. The minimum atomic E-state index is -0.471. The number of carbonyl (C=O) groups is 2. The van der Waals surface area contributed by atoms with Gasteiger partial charge in [0.2, 0.25) is 11.8 Å². The Morgan fingerprint density at radius 3 is 2.43 bits per heavy atom. The van der Waals surface area contributed by atoms with Crippen molar-refractivity contribution in [2.75, 3.05) is 38.2 Å². The van der Waals surface area contributed by atoms with Crippen LogP contribution >= 0.6 is 0 Å². The molecule has 2 heterocycles. The van der Waals surface area contributed by atoms with Crippen LogP contribution in [0, 0.1) is 0 Å². The second-order valence-electron chi connectivity index (χ2n) is 7.93. The van der Waals surface area contributed by atoms with E-state index in [4.69, 9.17) is 10.5 Å². The van der Waals surface area contributed by atoms with Crippen LogP contribution in [0.4, 0.5) is 5.69 Å². The van der Waals surface area contributed by atoms with E-state index in [1.54, 1.807) is 0 Å². The number of hydrogen-bond donors (Lipinski definition) is 2. The molecule has 1 unspecified atom stereocenters. The van der Waals surface area contributed by atoms with Gasteiger partial charge in [0.1, 0.15) is 0 Å². The largest absolute Gasteiger partial charge is 0.379 e. The summed E-state index contributed by atoms with van der Waals surface area (Å²) in [6, 6.07) is 15.4. The van der Waals surface area contributed by atoms with E-state index in [0.29, 0.717) is 13.0 Å². The summed E-state index contributed by atoms with van der Waals surface area (Å²) in [5.41, 5.74) is 9.82. The molecular formula is C23H28N4O3. The van der Waals surface area contributed by atoms with Crippen LogP contribution in [0.25, 0.3) is 0 Å². The van der Waals surface area contributed by atoms with Gasteiger partial charge in [-0.25, -0.2) is 0 Å². The van der Waals surface area contributed by atoms with E-state index in [0.717, 1.165) is 49.7 Å². The molecule has 1 fully saturated rings. The molecule has 1 atom stereocenters. The molecule has 158 valence electrons. The van der Waals surface area contributed by atoms with Crippen molar-refractivity contribution in [2.45, 2.75) is 25.6 Å². The Kier molecular flexibility index (Phi) is 6.42. The number of primary amides is 1. The lowest BCUT2D eigenvalue weighted by molar-refractivity contribution is -0.125. The Labute approximate surface area is 176 Å². The molecule has 2 aliphatic heterocycles. The highest BCUT2D eigenvalue weighted by Crippen LogP contribution is 2.23. The van der Waals surface area contributed by atoms with Crippen molar-refractivity contribution >= 4 is 17.5 Å². The summed E-state index contributed by atoms with van der Waals surface area (Å²) >= 11 is 0. The molecule has 2 aromatic rings. The number of carbonyl (C=O) groups excluding carboxylic acids is 2. The van der Waals surface area contributed by atoms with Gasteiger partial charge in [0.25, 0.3) is 0 Å². The second-order valence-corrected chi connectivity index (χ2v) is 7.93. The topological polar surface area (TPSA) is 87.9 Å². The van der Waals surface area contributed by atoms with Crippen LogP contribution < -0.4 is 11.1 Å². The molecule has 0 radical (unpaired) electrons. The standard InChI is InChI=1S/C23H28N4O3/c24-23(29)21-13-18-3-1-2-4-19(18)15-27(21)16-22(28)25-20-7-5-17(6-8-20)14-26-9-11-30-12-10-26/h1-8,21H,9-16H2,(H2,24,29)(H,25,28). The van der Waals surface area contributed by atoms with E-state index in [1.165, 1.54) is 5.56 Å². The minimum Gasteiger partial charge on any atom is -0.379 e. The van der Waals surface area contributed by atoms with Gasteiger partial charge in [0.15, 0.2) is 0 Å². The first-order valence-electron chi connectivity index (χ1n) is 10.4. The molecule has 2 aliphatic rings. The molecule has 0 aliphatic carbocycles. The summed E-state index contributed by atoms with van der Waals surface area (Å²) in [5.74, 6) is -0.550. The predicted molar refractivity (Wildman–Crippen MR) is 115 cm³/mol. The van der Waals surface area contributed by atoms with Crippen molar-refractivity contribution < 1.29 is 14.3 Å². The Morgan fingerprint density at radius 1 is 1.03 bits per heavy atom.